The summed E-state index contributed by atoms with van der Waals surface area (Å²) in [6.45, 7) is 4.96. The smallest absolute Gasteiger partial charge is 0.262 e. The van der Waals surface area contributed by atoms with Gasteiger partial charge in [-0.1, -0.05) is 6.07 Å². The van der Waals surface area contributed by atoms with Gasteiger partial charge in [0, 0.05) is 19.7 Å². The lowest BCUT2D eigenvalue weighted by Gasteiger charge is -2.12. The van der Waals surface area contributed by atoms with Gasteiger partial charge in [0.25, 0.3) is 5.91 Å². The highest BCUT2D eigenvalue weighted by molar-refractivity contribution is 7.20. The van der Waals surface area contributed by atoms with Gasteiger partial charge in [0.1, 0.15) is 17.0 Å². The van der Waals surface area contributed by atoms with Gasteiger partial charge in [0.05, 0.1) is 31.1 Å². The molecule has 8 nitrogen and oxygen atoms in total. The molecule has 1 unspecified atom stereocenters. The molecule has 1 amide bonds. The Bertz CT molecular complexity index is 1050. The van der Waals surface area contributed by atoms with Crippen molar-refractivity contribution in [2.45, 2.75) is 26.3 Å². The van der Waals surface area contributed by atoms with E-state index in [4.69, 9.17) is 14.2 Å². The second kappa shape index (κ2) is 10.4. The van der Waals surface area contributed by atoms with E-state index in [0.717, 1.165) is 33.6 Å². The average molecular weight is 445 g/mol. The topological polar surface area (TPSA) is 94.6 Å². The van der Waals surface area contributed by atoms with Crippen molar-refractivity contribution in [3.8, 4) is 11.5 Å². The molecule has 2 aromatic heterocycles. The van der Waals surface area contributed by atoms with Crippen LogP contribution in [0.5, 0.6) is 11.5 Å². The van der Waals surface area contributed by atoms with Crippen LogP contribution in [0.4, 0.5) is 5.82 Å². The minimum Gasteiger partial charge on any atom is -0.493 e. The number of anilines is 1. The van der Waals surface area contributed by atoms with E-state index in [9.17, 15) is 4.79 Å². The van der Waals surface area contributed by atoms with Crippen molar-refractivity contribution >= 4 is 33.3 Å². The number of nitrogens with zero attached hydrogens (tertiary/aromatic N) is 2. The number of hydrogen-bond donors (Lipinski definition) is 2. The first-order valence-electron chi connectivity index (χ1n) is 9.97. The summed E-state index contributed by atoms with van der Waals surface area (Å²) in [5, 5.41) is 7.23. The summed E-state index contributed by atoms with van der Waals surface area (Å²) < 4.78 is 15.8. The Kier molecular flexibility index (Phi) is 7.64. The largest absolute Gasteiger partial charge is 0.493 e. The van der Waals surface area contributed by atoms with Crippen molar-refractivity contribution in [2.75, 3.05) is 39.8 Å². The standard InChI is InChI=1S/C22H28N4O4S/c1-13(11-28-3)26-21(27)19-14(2)18-20(24-12-25-22(18)31-19)23-9-8-15-6-7-16(29-4)17(10-15)30-5/h6-7,10,12-13H,8-9,11H2,1-5H3,(H,26,27)(H,23,24,25). The van der Waals surface area contributed by atoms with Crippen LogP contribution >= 0.6 is 11.3 Å². The number of rotatable bonds is 10. The molecule has 0 bridgehead atoms. The van der Waals surface area contributed by atoms with Crippen LogP contribution in [0.15, 0.2) is 24.5 Å². The molecule has 0 aliphatic carbocycles. The van der Waals surface area contributed by atoms with Gasteiger partial charge < -0.3 is 24.8 Å². The molecule has 0 aliphatic rings. The van der Waals surface area contributed by atoms with Gasteiger partial charge in [0.2, 0.25) is 0 Å². The van der Waals surface area contributed by atoms with Gasteiger partial charge in [-0.25, -0.2) is 9.97 Å². The van der Waals surface area contributed by atoms with Crippen LogP contribution in [0.25, 0.3) is 10.2 Å². The summed E-state index contributed by atoms with van der Waals surface area (Å²) in [6, 6.07) is 5.80. The molecule has 0 saturated carbocycles. The van der Waals surface area contributed by atoms with Gasteiger partial charge >= 0.3 is 0 Å². The van der Waals surface area contributed by atoms with E-state index < -0.39 is 0 Å². The first-order chi connectivity index (χ1) is 15.0. The van der Waals surface area contributed by atoms with Gasteiger partial charge in [-0.3, -0.25) is 4.79 Å². The lowest BCUT2D eigenvalue weighted by atomic mass is 10.1. The zero-order valence-corrected chi connectivity index (χ0v) is 19.3. The predicted molar refractivity (Wildman–Crippen MR) is 123 cm³/mol. The number of fused-ring (bicyclic) bond motifs is 1. The molecule has 3 rings (SSSR count). The molecule has 1 aromatic carbocycles. The van der Waals surface area contributed by atoms with Crippen LogP contribution in [0.1, 0.15) is 27.7 Å². The summed E-state index contributed by atoms with van der Waals surface area (Å²) in [5.41, 5.74) is 1.99. The summed E-state index contributed by atoms with van der Waals surface area (Å²) in [5.74, 6) is 2.01. The van der Waals surface area contributed by atoms with Crippen LogP contribution in [0, 0.1) is 6.92 Å². The molecule has 3 aromatic rings. The Labute approximate surface area is 186 Å². The maximum absolute atomic E-state index is 12.7. The second-order valence-electron chi connectivity index (χ2n) is 7.15. The zero-order chi connectivity index (χ0) is 22.4. The van der Waals surface area contributed by atoms with Gasteiger partial charge in [-0.15, -0.1) is 11.3 Å². The molecule has 31 heavy (non-hydrogen) atoms. The molecule has 0 fully saturated rings. The minimum absolute atomic E-state index is 0.0766. The Balaban J connectivity index is 1.74. The van der Waals surface area contributed by atoms with E-state index >= 15 is 0 Å². The third kappa shape index (κ3) is 5.23. The minimum atomic E-state index is -0.124. The van der Waals surface area contributed by atoms with Crippen LogP contribution in [0.3, 0.4) is 0 Å². The van der Waals surface area contributed by atoms with E-state index in [1.54, 1.807) is 21.3 Å². The number of benzene rings is 1. The molecule has 0 saturated heterocycles. The van der Waals surface area contributed by atoms with Crippen LogP contribution < -0.4 is 20.1 Å². The summed E-state index contributed by atoms with van der Waals surface area (Å²) >= 11 is 1.37. The van der Waals surface area contributed by atoms with Crippen molar-refractivity contribution < 1.29 is 19.0 Å². The molecule has 0 spiro atoms. The number of thiophene rings is 1. The van der Waals surface area contributed by atoms with E-state index in [-0.39, 0.29) is 11.9 Å². The molecule has 166 valence electrons. The lowest BCUT2D eigenvalue weighted by molar-refractivity contribution is 0.0909. The van der Waals surface area contributed by atoms with Crippen molar-refractivity contribution in [1.82, 2.24) is 15.3 Å². The third-order valence-electron chi connectivity index (χ3n) is 4.88. The number of methoxy groups -OCH3 is 3. The second-order valence-corrected chi connectivity index (χ2v) is 8.15. The van der Waals surface area contributed by atoms with Crippen LogP contribution in [0.2, 0.25) is 0 Å². The van der Waals surface area contributed by atoms with Crippen LogP contribution in [-0.4, -0.2) is 56.4 Å². The first-order valence-corrected chi connectivity index (χ1v) is 10.8. The predicted octanol–water partition coefficient (Wildman–Crippen LogP) is 3.44. The normalized spacial score (nSPS) is 11.9. The number of carbonyl (C=O) groups is 1. The lowest BCUT2D eigenvalue weighted by Crippen LogP contribution is -2.35. The highest BCUT2D eigenvalue weighted by atomic mass is 32.1. The Morgan fingerprint density at radius 3 is 2.65 bits per heavy atom. The molecular weight excluding hydrogens is 416 g/mol. The molecule has 0 aliphatic heterocycles. The monoisotopic (exact) mass is 444 g/mol. The number of nitrogens with one attached hydrogen (secondary N) is 2. The quantitative estimate of drug-likeness (QED) is 0.495. The number of aryl methyl sites for hydroxylation is 1. The van der Waals surface area contributed by atoms with E-state index in [2.05, 4.69) is 20.6 Å². The molecular formula is C22H28N4O4S. The summed E-state index contributed by atoms with van der Waals surface area (Å²) in [4.78, 5) is 22.9. The Hall–Kier alpha value is -2.91. The number of aromatic nitrogens is 2. The number of ether oxygens (including phenoxy) is 3. The Morgan fingerprint density at radius 1 is 1.16 bits per heavy atom. The number of carbonyl (C=O) groups excluding carboxylic acids is 1. The fraction of sp³-hybridized carbons (Fsp3) is 0.409. The van der Waals surface area contributed by atoms with Crippen molar-refractivity contribution in [2.24, 2.45) is 0 Å². The zero-order valence-electron chi connectivity index (χ0n) is 18.4. The fourth-order valence-electron chi connectivity index (χ4n) is 3.36. The number of amides is 1. The molecule has 1 atom stereocenters. The fourth-order valence-corrected chi connectivity index (χ4v) is 4.42. The van der Waals surface area contributed by atoms with Gasteiger partial charge in [-0.05, 0) is 43.5 Å². The van der Waals surface area contributed by atoms with Crippen molar-refractivity contribution in [3.63, 3.8) is 0 Å². The van der Waals surface area contributed by atoms with Crippen molar-refractivity contribution in [3.05, 3.63) is 40.5 Å². The average Bonchev–Trinajstić information content (AvgIpc) is 3.11. The van der Waals surface area contributed by atoms with Crippen molar-refractivity contribution in [1.29, 1.82) is 0 Å². The van der Waals surface area contributed by atoms with Gasteiger partial charge in [-0.2, -0.15) is 0 Å². The summed E-state index contributed by atoms with van der Waals surface area (Å²) in [6.07, 6.45) is 2.29. The van der Waals surface area contributed by atoms with Gasteiger partial charge in [0.15, 0.2) is 11.5 Å². The Morgan fingerprint density at radius 2 is 1.94 bits per heavy atom. The molecule has 0 radical (unpaired) electrons. The van der Waals surface area contributed by atoms with E-state index in [0.29, 0.717) is 29.5 Å². The molecule has 2 heterocycles. The molecule has 9 heteroatoms. The molecule has 2 N–H and O–H groups in total. The first kappa shape index (κ1) is 22.8. The van der Waals surface area contributed by atoms with E-state index in [1.165, 1.54) is 17.7 Å². The van der Waals surface area contributed by atoms with E-state index in [1.807, 2.05) is 32.0 Å². The maximum atomic E-state index is 12.7. The highest BCUT2D eigenvalue weighted by Crippen LogP contribution is 2.33. The highest BCUT2D eigenvalue weighted by Gasteiger charge is 2.20. The number of hydrogen-bond acceptors (Lipinski definition) is 8. The maximum Gasteiger partial charge on any atom is 0.262 e. The summed E-state index contributed by atoms with van der Waals surface area (Å²) in [7, 11) is 4.86. The SMILES string of the molecule is COCC(C)NC(=O)c1sc2ncnc(NCCc3ccc(OC)c(OC)c3)c2c1C. The third-order valence-corrected chi connectivity index (χ3v) is 6.08. The van der Waals surface area contributed by atoms with Crippen LogP contribution in [-0.2, 0) is 11.2 Å².